The Bertz CT molecular complexity index is 864. The van der Waals surface area contributed by atoms with E-state index in [-0.39, 0.29) is 5.91 Å². The van der Waals surface area contributed by atoms with Gasteiger partial charge in [-0.25, -0.2) is 4.98 Å². The second kappa shape index (κ2) is 5.46. The van der Waals surface area contributed by atoms with Crippen molar-refractivity contribution in [2.24, 2.45) is 0 Å². The molecule has 0 atom stereocenters. The molecular formula is C16H17N3O2S. The first-order valence-corrected chi connectivity index (χ1v) is 7.77. The number of hydrogen-bond acceptors (Lipinski definition) is 5. The molecule has 0 aliphatic heterocycles. The number of aryl methyl sites for hydroxylation is 3. The fourth-order valence-electron chi connectivity index (χ4n) is 2.47. The van der Waals surface area contributed by atoms with Gasteiger partial charge in [-0.15, -0.1) is 11.3 Å². The van der Waals surface area contributed by atoms with Gasteiger partial charge in [-0.3, -0.25) is 4.79 Å². The van der Waals surface area contributed by atoms with Crippen LogP contribution in [0.15, 0.2) is 22.6 Å². The number of thiophene rings is 1. The second-order valence-electron chi connectivity index (χ2n) is 5.30. The lowest BCUT2D eigenvalue weighted by molar-refractivity contribution is 0.0953. The van der Waals surface area contributed by atoms with Gasteiger partial charge in [0.1, 0.15) is 21.2 Å². The monoisotopic (exact) mass is 315 g/mol. The number of furan rings is 1. The van der Waals surface area contributed by atoms with Gasteiger partial charge in [0.15, 0.2) is 0 Å². The van der Waals surface area contributed by atoms with Crippen molar-refractivity contribution < 1.29 is 9.21 Å². The van der Waals surface area contributed by atoms with Crippen LogP contribution < -0.4 is 11.1 Å². The van der Waals surface area contributed by atoms with E-state index >= 15 is 0 Å². The molecule has 0 saturated carbocycles. The summed E-state index contributed by atoms with van der Waals surface area (Å²) >= 11 is 1.32. The minimum Gasteiger partial charge on any atom is -0.465 e. The molecule has 3 rings (SSSR count). The van der Waals surface area contributed by atoms with Gasteiger partial charge in [0, 0.05) is 11.1 Å². The van der Waals surface area contributed by atoms with E-state index in [1.54, 1.807) is 0 Å². The van der Waals surface area contributed by atoms with Gasteiger partial charge in [-0.05, 0) is 44.5 Å². The normalized spacial score (nSPS) is 11.0. The third kappa shape index (κ3) is 2.57. The summed E-state index contributed by atoms with van der Waals surface area (Å²) in [5.74, 6) is 1.34. The van der Waals surface area contributed by atoms with Crippen LogP contribution in [0.25, 0.3) is 10.2 Å². The molecular weight excluding hydrogens is 298 g/mol. The number of aromatic nitrogens is 1. The van der Waals surface area contributed by atoms with E-state index in [1.165, 1.54) is 11.3 Å². The first-order valence-electron chi connectivity index (χ1n) is 6.95. The Morgan fingerprint density at radius 3 is 2.82 bits per heavy atom. The van der Waals surface area contributed by atoms with Crippen LogP contribution in [0.2, 0.25) is 0 Å². The molecule has 3 N–H and O–H groups in total. The second-order valence-corrected chi connectivity index (χ2v) is 6.30. The van der Waals surface area contributed by atoms with E-state index in [1.807, 2.05) is 39.0 Å². The van der Waals surface area contributed by atoms with Gasteiger partial charge in [-0.1, -0.05) is 0 Å². The maximum atomic E-state index is 12.4. The first kappa shape index (κ1) is 14.6. The Hall–Kier alpha value is -2.34. The summed E-state index contributed by atoms with van der Waals surface area (Å²) in [5.41, 5.74) is 8.61. The van der Waals surface area contributed by atoms with Gasteiger partial charge >= 0.3 is 0 Å². The molecule has 0 radical (unpaired) electrons. The van der Waals surface area contributed by atoms with E-state index < -0.39 is 0 Å². The van der Waals surface area contributed by atoms with E-state index in [9.17, 15) is 4.79 Å². The van der Waals surface area contributed by atoms with Crippen LogP contribution in [0.3, 0.4) is 0 Å². The van der Waals surface area contributed by atoms with Crippen LogP contribution in [0.1, 0.15) is 32.4 Å². The molecule has 0 bridgehead atoms. The van der Waals surface area contributed by atoms with Crippen molar-refractivity contribution in [1.29, 1.82) is 0 Å². The summed E-state index contributed by atoms with van der Waals surface area (Å²) in [6.45, 7) is 6.12. The zero-order valence-electron chi connectivity index (χ0n) is 12.7. The van der Waals surface area contributed by atoms with Gasteiger partial charge in [0.05, 0.1) is 12.2 Å². The summed E-state index contributed by atoms with van der Waals surface area (Å²) in [7, 11) is 0. The summed E-state index contributed by atoms with van der Waals surface area (Å²) < 4.78 is 5.44. The number of fused-ring (bicyclic) bond motifs is 1. The number of nitrogens with two attached hydrogens (primary N) is 1. The van der Waals surface area contributed by atoms with Gasteiger partial charge in [-0.2, -0.15) is 0 Å². The van der Waals surface area contributed by atoms with Crippen LogP contribution in [0.5, 0.6) is 0 Å². The third-order valence-corrected chi connectivity index (χ3v) is 4.55. The van der Waals surface area contributed by atoms with Crippen molar-refractivity contribution in [1.82, 2.24) is 10.3 Å². The standard InChI is InChI=1S/C16H17N3O2S/c1-8-6-9(2)19-16-12(8)13(17)14(22-16)15(20)18-7-11-5-4-10(3)21-11/h4-6H,7,17H2,1-3H3,(H,18,20). The topological polar surface area (TPSA) is 81.2 Å². The summed E-state index contributed by atoms with van der Waals surface area (Å²) in [4.78, 5) is 18.1. The van der Waals surface area contributed by atoms with Crippen molar-refractivity contribution in [3.8, 4) is 0 Å². The number of amides is 1. The Balaban J connectivity index is 1.87. The number of anilines is 1. The average Bonchev–Trinajstić information content (AvgIpc) is 3.00. The minimum atomic E-state index is -0.202. The zero-order valence-corrected chi connectivity index (χ0v) is 13.5. The number of nitrogen functional groups attached to an aromatic ring is 1. The Labute approximate surface area is 132 Å². The summed E-state index contributed by atoms with van der Waals surface area (Å²) in [5, 5.41) is 3.70. The highest BCUT2D eigenvalue weighted by Gasteiger charge is 2.19. The number of pyridine rings is 1. The van der Waals surface area contributed by atoms with Gasteiger partial charge < -0.3 is 15.5 Å². The molecule has 114 valence electrons. The highest BCUT2D eigenvalue weighted by atomic mass is 32.1. The molecule has 1 amide bonds. The molecule has 0 aliphatic carbocycles. The predicted molar refractivity (Wildman–Crippen MR) is 88.1 cm³/mol. The van der Waals surface area contributed by atoms with E-state index in [4.69, 9.17) is 10.2 Å². The molecule has 6 heteroatoms. The number of carbonyl (C=O) groups excluding carboxylic acids is 1. The highest BCUT2D eigenvalue weighted by molar-refractivity contribution is 7.21. The third-order valence-electron chi connectivity index (χ3n) is 3.45. The van der Waals surface area contributed by atoms with Crippen LogP contribution >= 0.6 is 11.3 Å². The largest absolute Gasteiger partial charge is 0.465 e. The summed E-state index contributed by atoms with van der Waals surface area (Å²) in [6.07, 6.45) is 0. The Morgan fingerprint density at radius 1 is 1.36 bits per heavy atom. The maximum absolute atomic E-state index is 12.4. The maximum Gasteiger partial charge on any atom is 0.263 e. The summed E-state index contributed by atoms with van der Waals surface area (Å²) in [6, 6.07) is 5.68. The van der Waals surface area contributed by atoms with Crippen molar-refractivity contribution in [2.75, 3.05) is 5.73 Å². The van der Waals surface area contributed by atoms with E-state index in [0.717, 1.165) is 33.0 Å². The number of nitrogens with one attached hydrogen (secondary N) is 1. The van der Waals surface area contributed by atoms with Gasteiger partial charge in [0.2, 0.25) is 0 Å². The van der Waals surface area contributed by atoms with Crippen molar-refractivity contribution in [3.63, 3.8) is 0 Å². The van der Waals surface area contributed by atoms with Gasteiger partial charge in [0.25, 0.3) is 5.91 Å². The van der Waals surface area contributed by atoms with Crippen LogP contribution in [-0.2, 0) is 6.54 Å². The fraction of sp³-hybridized carbons (Fsp3) is 0.250. The lowest BCUT2D eigenvalue weighted by atomic mass is 10.1. The predicted octanol–water partition coefficient (Wildman–Crippen LogP) is 3.33. The van der Waals surface area contributed by atoms with Crippen molar-refractivity contribution >= 4 is 33.1 Å². The fourth-order valence-corrected chi connectivity index (χ4v) is 3.60. The molecule has 0 unspecified atom stereocenters. The molecule has 5 nitrogen and oxygen atoms in total. The first-order chi connectivity index (χ1) is 10.5. The Morgan fingerprint density at radius 2 is 2.14 bits per heavy atom. The lowest BCUT2D eigenvalue weighted by Gasteiger charge is -2.02. The van der Waals surface area contributed by atoms with Crippen LogP contribution in [-0.4, -0.2) is 10.9 Å². The SMILES string of the molecule is Cc1cc(C)c2c(N)c(C(=O)NCc3ccc(C)o3)sc2n1. The molecule has 22 heavy (non-hydrogen) atoms. The molecule has 3 aromatic rings. The highest BCUT2D eigenvalue weighted by Crippen LogP contribution is 2.34. The average molecular weight is 315 g/mol. The molecule has 0 spiro atoms. The van der Waals surface area contributed by atoms with Crippen LogP contribution in [0, 0.1) is 20.8 Å². The van der Waals surface area contributed by atoms with E-state index in [0.29, 0.717) is 17.1 Å². The molecule has 0 aliphatic rings. The molecule has 0 fully saturated rings. The van der Waals surface area contributed by atoms with Crippen LogP contribution in [0.4, 0.5) is 5.69 Å². The zero-order chi connectivity index (χ0) is 15.9. The smallest absolute Gasteiger partial charge is 0.263 e. The quantitative estimate of drug-likeness (QED) is 0.777. The Kier molecular flexibility index (Phi) is 3.62. The lowest BCUT2D eigenvalue weighted by Crippen LogP contribution is -2.22. The molecule has 3 aromatic heterocycles. The van der Waals surface area contributed by atoms with E-state index in [2.05, 4.69) is 10.3 Å². The minimum absolute atomic E-state index is 0.202. The van der Waals surface area contributed by atoms with Crippen molar-refractivity contribution in [3.05, 3.63) is 45.9 Å². The number of rotatable bonds is 3. The molecule has 0 aromatic carbocycles. The number of carbonyl (C=O) groups is 1. The number of nitrogens with zero attached hydrogens (tertiary/aromatic N) is 1. The number of hydrogen-bond donors (Lipinski definition) is 2. The van der Waals surface area contributed by atoms with Crippen molar-refractivity contribution in [2.45, 2.75) is 27.3 Å². The molecule has 0 saturated heterocycles. The molecule has 3 heterocycles.